The fourth-order valence-corrected chi connectivity index (χ4v) is 5.65. The lowest BCUT2D eigenvalue weighted by atomic mass is 9.76. The van der Waals surface area contributed by atoms with Gasteiger partial charge in [-0.25, -0.2) is 4.79 Å². The van der Waals surface area contributed by atoms with Crippen molar-refractivity contribution in [2.24, 2.45) is 11.3 Å². The topological polar surface area (TPSA) is 119 Å². The average Bonchev–Trinajstić information content (AvgIpc) is 3.39. The minimum atomic E-state index is -1.00. The summed E-state index contributed by atoms with van der Waals surface area (Å²) in [5, 5.41) is 15.7. The van der Waals surface area contributed by atoms with Crippen LogP contribution in [0.5, 0.6) is 0 Å². The molecule has 1 aliphatic heterocycles. The van der Waals surface area contributed by atoms with Gasteiger partial charge in [0.1, 0.15) is 12.1 Å². The first-order valence-corrected chi connectivity index (χ1v) is 14.5. The zero-order chi connectivity index (χ0) is 31.3. The number of rotatable bonds is 11. The number of hydrogen-bond donors (Lipinski definition) is 3. The first-order valence-electron chi connectivity index (χ1n) is 14.5. The van der Waals surface area contributed by atoms with E-state index in [9.17, 15) is 24.3 Å². The molecule has 1 heterocycles. The highest BCUT2D eigenvalue weighted by atomic mass is 16.4. The molecule has 1 fully saturated rings. The molecule has 0 radical (unpaired) electrons. The molecule has 0 aliphatic carbocycles. The summed E-state index contributed by atoms with van der Waals surface area (Å²) in [5.74, 6) is -1.92. The predicted molar refractivity (Wildman–Crippen MR) is 161 cm³/mol. The van der Waals surface area contributed by atoms with Gasteiger partial charge in [0.15, 0.2) is 0 Å². The van der Waals surface area contributed by atoms with Crippen LogP contribution in [0.15, 0.2) is 42.0 Å². The van der Waals surface area contributed by atoms with Gasteiger partial charge in [0.25, 0.3) is 0 Å². The Kier molecular flexibility index (Phi) is 11.3. The van der Waals surface area contributed by atoms with Crippen molar-refractivity contribution in [2.75, 3.05) is 20.6 Å². The third kappa shape index (κ3) is 7.97. The Bertz CT molecular complexity index is 1120. The normalized spacial score (nSPS) is 18.6. The molecule has 3 N–H and O–H groups in total. The number of amides is 3. The summed E-state index contributed by atoms with van der Waals surface area (Å²) in [6, 6.07) is 7.08. The maximum atomic E-state index is 14.0. The van der Waals surface area contributed by atoms with E-state index in [1.807, 2.05) is 78.8 Å². The second-order valence-electron chi connectivity index (χ2n) is 13.1. The summed E-state index contributed by atoms with van der Waals surface area (Å²) >= 11 is 0. The summed E-state index contributed by atoms with van der Waals surface area (Å²) in [4.78, 5) is 55.6. The van der Waals surface area contributed by atoms with Crippen molar-refractivity contribution in [1.82, 2.24) is 20.4 Å². The number of carbonyl (C=O) groups is 4. The van der Waals surface area contributed by atoms with Gasteiger partial charge >= 0.3 is 5.97 Å². The molecule has 1 saturated heterocycles. The van der Waals surface area contributed by atoms with Gasteiger partial charge in [-0.05, 0) is 43.7 Å². The van der Waals surface area contributed by atoms with E-state index in [0.717, 1.165) is 5.56 Å². The lowest BCUT2D eigenvalue weighted by Gasteiger charge is -2.40. The van der Waals surface area contributed by atoms with E-state index in [0.29, 0.717) is 25.0 Å². The first kappa shape index (κ1) is 34.0. The molecule has 2 rings (SSSR count). The molecule has 1 aromatic rings. The number of likely N-dealkylation sites (N-methyl/N-ethyl adjacent to an activating group) is 2. The Balaban J connectivity index is 2.33. The third-order valence-electron chi connectivity index (χ3n) is 8.22. The van der Waals surface area contributed by atoms with Crippen LogP contribution < -0.4 is 10.6 Å². The van der Waals surface area contributed by atoms with E-state index in [1.165, 1.54) is 4.90 Å². The number of carbonyl (C=O) groups excluding carboxylic acids is 3. The minimum Gasteiger partial charge on any atom is -0.480 e. The third-order valence-corrected chi connectivity index (χ3v) is 8.22. The minimum absolute atomic E-state index is 0.0426. The van der Waals surface area contributed by atoms with Crippen molar-refractivity contribution >= 4 is 23.7 Å². The second kappa shape index (κ2) is 13.6. The Morgan fingerprint density at radius 2 is 1.63 bits per heavy atom. The molecule has 9 heteroatoms. The molecule has 0 aromatic heterocycles. The highest BCUT2D eigenvalue weighted by molar-refractivity contribution is 5.96. The van der Waals surface area contributed by atoms with Gasteiger partial charge in [-0.3, -0.25) is 14.4 Å². The van der Waals surface area contributed by atoms with Crippen molar-refractivity contribution < 1.29 is 24.3 Å². The summed E-state index contributed by atoms with van der Waals surface area (Å²) < 4.78 is 0. The zero-order valence-electron chi connectivity index (χ0n) is 26.4. The summed E-state index contributed by atoms with van der Waals surface area (Å²) in [6.07, 6.45) is 2.82. The van der Waals surface area contributed by atoms with E-state index < -0.39 is 41.0 Å². The van der Waals surface area contributed by atoms with Gasteiger partial charge in [-0.15, -0.1) is 0 Å². The van der Waals surface area contributed by atoms with Gasteiger partial charge < -0.3 is 25.5 Å². The molecular weight excluding hydrogens is 520 g/mol. The van der Waals surface area contributed by atoms with Gasteiger partial charge in [0, 0.05) is 24.6 Å². The molecule has 3 amide bonds. The van der Waals surface area contributed by atoms with Crippen LogP contribution in [-0.2, 0) is 24.6 Å². The Labute approximate surface area is 245 Å². The van der Waals surface area contributed by atoms with Crippen LogP contribution in [0.3, 0.4) is 0 Å². The number of hydrogen-bond acceptors (Lipinski definition) is 5. The van der Waals surface area contributed by atoms with Crippen molar-refractivity contribution in [3.05, 3.63) is 47.5 Å². The van der Waals surface area contributed by atoms with Gasteiger partial charge in [-0.2, -0.15) is 0 Å². The molecule has 0 bridgehead atoms. The molecule has 0 unspecified atom stereocenters. The van der Waals surface area contributed by atoms with Crippen LogP contribution in [0.1, 0.15) is 73.8 Å². The smallest absolute Gasteiger partial charge is 0.326 e. The average molecular weight is 571 g/mol. The van der Waals surface area contributed by atoms with Crippen LogP contribution in [-0.4, -0.2) is 83.4 Å². The number of likely N-dealkylation sites (tertiary alicyclic amines) is 1. The first-order chi connectivity index (χ1) is 18.9. The predicted octanol–water partition coefficient (Wildman–Crippen LogP) is 3.59. The van der Waals surface area contributed by atoms with Gasteiger partial charge in [-0.1, -0.05) is 84.9 Å². The van der Waals surface area contributed by atoms with E-state index in [4.69, 9.17) is 0 Å². The lowest BCUT2D eigenvalue weighted by molar-refractivity contribution is -0.146. The lowest BCUT2D eigenvalue weighted by Crippen LogP contribution is -2.61. The maximum absolute atomic E-state index is 14.0. The quantitative estimate of drug-likeness (QED) is 0.350. The zero-order valence-corrected chi connectivity index (χ0v) is 26.4. The molecule has 4 atom stereocenters. The Hall–Kier alpha value is -3.20. The standard InChI is InChI=1S/C32H50N4O5/c1-20(2)24(19-21(3)28(38)36-18-14-17-23(36)30(40)41)35(10)29(39)26(31(4,5)6)34-27(37)25(33-9)32(7,8)22-15-12-11-13-16-22/h11-13,15-16,19-20,23-26,33H,14,17-18H2,1-10H3,(H,34,37)(H,40,41)/t23-,24-,25-,26-/m1/s1. The number of nitrogens with zero attached hydrogens (tertiary/aromatic N) is 2. The Morgan fingerprint density at radius 1 is 1.05 bits per heavy atom. The van der Waals surface area contributed by atoms with E-state index in [-0.39, 0.29) is 23.6 Å². The molecule has 1 aliphatic rings. The van der Waals surface area contributed by atoms with Crippen LogP contribution in [0.2, 0.25) is 0 Å². The van der Waals surface area contributed by atoms with Gasteiger partial charge in [0.2, 0.25) is 17.7 Å². The maximum Gasteiger partial charge on any atom is 0.326 e. The highest BCUT2D eigenvalue weighted by Gasteiger charge is 2.42. The number of benzene rings is 1. The fraction of sp³-hybridized carbons (Fsp3) is 0.625. The summed E-state index contributed by atoms with van der Waals surface area (Å²) in [6.45, 7) is 15.7. The molecule has 228 valence electrons. The Morgan fingerprint density at radius 3 is 2.12 bits per heavy atom. The van der Waals surface area contributed by atoms with Crippen LogP contribution in [0.4, 0.5) is 0 Å². The summed E-state index contributed by atoms with van der Waals surface area (Å²) in [7, 11) is 3.43. The SMILES string of the molecule is CN[C@H](C(=O)N[C@H](C(=O)N(C)[C@H](C=C(C)C(=O)N1CCC[C@@H]1C(=O)O)C(C)C)C(C)(C)C)C(C)(C)c1ccccc1. The molecule has 0 saturated carbocycles. The van der Waals surface area contributed by atoms with E-state index in [2.05, 4.69) is 10.6 Å². The molecule has 1 aromatic carbocycles. The molecule has 41 heavy (non-hydrogen) atoms. The fourth-order valence-electron chi connectivity index (χ4n) is 5.65. The van der Waals surface area contributed by atoms with E-state index >= 15 is 0 Å². The van der Waals surface area contributed by atoms with Crippen molar-refractivity contribution in [2.45, 2.75) is 97.8 Å². The second-order valence-corrected chi connectivity index (χ2v) is 13.1. The number of aliphatic carboxylic acids is 1. The van der Waals surface area contributed by atoms with Crippen molar-refractivity contribution in [3.63, 3.8) is 0 Å². The number of carboxylic acids is 1. The number of carboxylic acid groups (broad SMARTS) is 1. The molecular formula is C32H50N4O5. The van der Waals surface area contributed by atoms with Crippen LogP contribution in [0, 0.1) is 11.3 Å². The highest BCUT2D eigenvalue weighted by Crippen LogP contribution is 2.29. The van der Waals surface area contributed by atoms with Crippen LogP contribution in [0.25, 0.3) is 0 Å². The van der Waals surface area contributed by atoms with Crippen molar-refractivity contribution in [3.8, 4) is 0 Å². The van der Waals surface area contributed by atoms with Crippen LogP contribution >= 0.6 is 0 Å². The largest absolute Gasteiger partial charge is 0.480 e. The number of nitrogens with one attached hydrogen (secondary N) is 2. The van der Waals surface area contributed by atoms with Crippen molar-refractivity contribution in [1.29, 1.82) is 0 Å². The van der Waals surface area contributed by atoms with E-state index in [1.54, 1.807) is 32.0 Å². The molecule has 0 spiro atoms. The monoisotopic (exact) mass is 570 g/mol. The molecule has 9 nitrogen and oxygen atoms in total. The van der Waals surface area contributed by atoms with Gasteiger partial charge in [0.05, 0.1) is 12.1 Å². The summed E-state index contributed by atoms with van der Waals surface area (Å²) in [5.41, 5.74) is 0.240.